The lowest BCUT2D eigenvalue weighted by Gasteiger charge is -2.33. The third-order valence-corrected chi connectivity index (χ3v) is 3.27. The number of benzene rings is 1. The summed E-state index contributed by atoms with van der Waals surface area (Å²) in [4.78, 5) is 25.6. The highest BCUT2D eigenvalue weighted by molar-refractivity contribution is 6.01. The van der Waals surface area contributed by atoms with Crippen molar-refractivity contribution in [3.63, 3.8) is 0 Å². The lowest BCUT2D eigenvalue weighted by molar-refractivity contribution is -0.121. The van der Waals surface area contributed by atoms with E-state index < -0.39 is 6.03 Å². The third kappa shape index (κ3) is 5.71. The smallest absolute Gasteiger partial charge is 0.314 e. The minimum absolute atomic E-state index is 0. The zero-order valence-electron chi connectivity index (χ0n) is 12.0. The zero-order chi connectivity index (χ0) is 14.4. The van der Waals surface area contributed by atoms with Gasteiger partial charge in [0.05, 0.1) is 6.54 Å². The largest absolute Gasteiger partial charge is 0.325 e. The fourth-order valence-electron chi connectivity index (χ4n) is 2.15. The molecule has 1 fully saturated rings. The van der Waals surface area contributed by atoms with Gasteiger partial charge in [0.2, 0.25) is 5.91 Å². The van der Waals surface area contributed by atoms with Crippen LogP contribution in [0.5, 0.6) is 0 Å². The van der Waals surface area contributed by atoms with Crippen LogP contribution in [-0.2, 0) is 4.79 Å². The number of para-hydroxylation sites is 1. The Morgan fingerprint density at radius 2 is 2.05 bits per heavy atom. The van der Waals surface area contributed by atoms with E-state index in [2.05, 4.69) is 27.8 Å². The molecule has 0 saturated carbocycles. The first-order valence-corrected chi connectivity index (χ1v) is 6.76. The molecule has 1 aliphatic heterocycles. The molecule has 0 spiro atoms. The average Bonchev–Trinajstić information content (AvgIpc) is 2.42. The first-order valence-electron chi connectivity index (χ1n) is 6.76. The van der Waals surface area contributed by atoms with Crippen LogP contribution < -0.4 is 16.0 Å². The zero-order valence-corrected chi connectivity index (χ0v) is 12.8. The highest BCUT2D eigenvalue weighted by atomic mass is 35.5. The molecule has 1 saturated heterocycles. The minimum Gasteiger partial charge on any atom is -0.314 e. The molecule has 1 atom stereocenters. The second kappa shape index (κ2) is 8.61. The van der Waals surface area contributed by atoms with Gasteiger partial charge in [0.15, 0.2) is 0 Å². The van der Waals surface area contributed by atoms with Crippen molar-refractivity contribution in [2.75, 3.05) is 31.5 Å². The molecular weight excluding hydrogens is 292 g/mol. The topological polar surface area (TPSA) is 73.5 Å². The predicted octanol–water partition coefficient (Wildman–Crippen LogP) is 1.05. The Kier molecular flexibility index (Phi) is 7.14. The number of carbonyl (C=O) groups is 2. The molecule has 2 rings (SSSR count). The maximum absolute atomic E-state index is 11.8. The number of hydrogen-bond acceptors (Lipinski definition) is 4. The number of amides is 3. The highest BCUT2D eigenvalue weighted by Gasteiger charge is 2.20. The molecule has 6 nitrogen and oxygen atoms in total. The van der Waals surface area contributed by atoms with Crippen LogP contribution in [0.4, 0.5) is 10.5 Å². The molecule has 1 aromatic rings. The van der Waals surface area contributed by atoms with Gasteiger partial charge in [0.25, 0.3) is 0 Å². The van der Waals surface area contributed by atoms with E-state index in [9.17, 15) is 9.59 Å². The minimum atomic E-state index is -0.496. The van der Waals surface area contributed by atoms with Crippen LogP contribution in [0.2, 0.25) is 0 Å². The van der Waals surface area contributed by atoms with Gasteiger partial charge in [-0.1, -0.05) is 18.2 Å². The van der Waals surface area contributed by atoms with Crippen molar-refractivity contribution in [1.29, 1.82) is 0 Å². The summed E-state index contributed by atoms with van der Waals surface area (Å²) in [6, 6.07) is 8.83. The molecular formula is C14H21ClN4O2. The number of anilines is 1. The number of halogens is 1. The summed E-state index contributed by atoms with van der Waals surface area (Å²) in [5.74, 6) is -0.285. The van der Waals surface area contributed by atoms with Gasteiger partial charge >= 0.3 is 6.03 Å². The van der Waals surface area contributed by atoms with Crippen LogP contribution in [0.3, 0.4) is 0 Å². The molecule has 0 bridgehead atoms. The highest BCUT2D eigenvalue weighted by Crippen LogP contribution is 2.04. The molecule has 0 unspecified atom stereocenters. The number of urea groups is 1. The lowest BCUT2D eigenvalue weighted by atomic mass is 10.2. The summed E-state index contributed by atoms with van der Waals surface area (Å²) in [6.07, 6.45) is 0. The van der Waals surface area contributed by atoms with Crippen LogP contribution in [0.25, 0.3) is 0 Å². The van der Waals surface area contributed by atoms with Gasteiger partial charge in [-0.3, -0.25) is 15.0 Å². The van der Waals surface area contributed by atoms with E-state index in [1.807, 2.05) is 18.2 Å². The molecule has 0 aromatic heterocycles. The second-order valence-corrected chi connectivity index (χ2v) is 4.89. The maximum Gasteiger partial charge on any atom is 0.325 e. The van der Waals surface area contributed by atoms with Crippen LogP contribution in [0.1, 0.15) is 6.92 Å². The first kappa shape index (κ1) is 17.4. The number of nitrogens with one attached hydrogen (secondary N) is 3. The van der Waals surface area contributed by atoms with E-state index in [1.165, 1.54) is 0 Å². The fraction of sp³-hybridized carbons (Fsp3) is 0.429. The SMILES string of the molecule is C[C@H]1CNCCN1CC(=O)NC(=O)Nc1ccccc1.Cl. The van der Waals surface area contributed by atoms with Crippen molar-refractivity contribution >= 4 is 30.0 Å². The molecule has 3 amide bonds. The Morgan fingerprint density at radius 3 is 2.71 bits per heavy atom. The van der Waals surface area contributed by atoms with E-state index in [1.54, 1.807) is 12.1 Å². The molecule has 1 heterocycles. The predicted molar refractivity (Wildman–Crippen MR) is 84.8 cm³/mol. The van der Waals surface area contributed by atoms with Gasteiger partial charge in [0.1, 0.15) is 0 Å². The van der Waals surface area contributed by atoms with E-state index in [-0.39, 0.29) is 24.9 Å². The first-order chi connectivity index (χ1) is 9.65. The van der Waals surface area contributed by atoms with E-state index in [0.717, 1.165) is 19.6 Å². The summed E-state index contributed by atoms with van der Waals surface area (Å²) in [5.41, 5.74) is 0.661. The molecule has 1 aromatic carbocycles. The summed E-state index contributed by atoms with van der Waals surface area (Å²) in [5, 5.41) is 8.22. The van der Waals surface area contributed by atoms with Crippen molar-refractivity contribution in [1.82, 2.24) is 15.5 Å². The van der Waals surface area contributed by atoms with E-state index in [4.69, 9.17) is 0 Å². The maximum atomic E-state index is 11.8. The molecule has 7 heteroatoms. The van der Waals surface area contributed by atoms with Gasteiger partial charge in [-0.25, -0.2) is 4.79 Å². The summed E-state index contributed by atoms with van der Waals surface area (Å²) >= 11 is 0. The Hall–Kier alpha value is -1.63. The Bertz CT molecular complexity index is 469. The van der Waals surface area contributed by atoms with Crippen LogP contribution >= 0.6 is 12.4 Å². The van der Waals surface area contributed by atoms with E-state index >= 15 is 0 Å². The molecule has 0 aliphatic carbocycles. The van der Waals surface area contributed by atoms with E-state index in [0.29, 0.717) is 11.7 Å². The van der Waals surface area contributed by atoms with Gasteiger partial charge in [-0.05, 0) is 19.1 Å². The van der Waals surface area contributed by atoms with Gasteiger partial charge in [0, 0.05) is 31.4 Å². The van der Waals surface area contributed by atoms with Gasteiger partial charge in [-0.15, -0.1) is 12.4 Å². The van der Waals surface area contributed by atoms with Crippen LogP contribution in [0.15, 0.2) is 30.3 Å². The van der Waals surface area contributed by atoms with Crippen LogP contribution in [0, 0.1) is 0 Å². The molecule has 21 heavy (non-hydrogen) atoms. The quantitative estimate of drug-likeness (QED) is 0.780. The van der Waals surface area contributed by atoms with Crippen molar-refractivity contribution in [3.05, 3.63) is 30.3 Å². The lowest BCUT2D eigenvalue weighted by Crippen LogP contribution is -2.53. The van der Waals surface area contributed by atoms with Crippen molar-refractivity contribution in [2.24, 2.45) is 0 Å². The van der Waals surface area contributed by atoms with Crippen LogP contribution in [-0.4, -0.2) is 49.1 Å². The van der Waals surface area contributed by atoms with Gasteiger partial charge < -0.3 is 10.6 Å². The Morgan fingerprint density at radius 1 is 1.33 bits per heavy atom. The average molecular weight is 313 g/mol. The number of nitrogens with zero attached hydrogens (tertiary/aromatic N) is 1. The normalized spacial score (nSPS) is 18.4. The van der Waals surface area contributed by atoms with Gasteiger partial charge in [-0.2, -0.15) is 0 Å². The molecule has 116 valence electrons. The molecule has 1 aliphatic rings. The summed E-state index contributed by atoms with van der Waals surface area (Å²) in [7, 11) is 0. The fourth-order valence-corrected chi connectivity index (χ4v) is 2.15. The molecule has 0 radical (unpaired) electrons. The number of rotatable bonds is 3. The second-order valence-electron chi connectivity index (χ2n) is 4.89. The summed E-state index contributed by atoms with van der Waals surface area (Å²) < 4.78 is 0. The Balaban J connectivity index is 0.00000220. The Labute approximate surface area is 130 Å². The number of imide groups is 1. The number of hydrogen-bond donors (Lipinski definition) is 3. The van der Waals surface area contributed by atoms with Crippen molar-refractivity contribution < 1.29 is 9.59 Å². The monoisotopic (exact) mass is 312 g/mol. The number of carbonyl (C=O) groups excluding carboxylic acids is 2. The summed E-state index contributed by atoms with van der Waals surface area (Å²) in [6.45, 7) is 4.85. The molecule has 3 N–H and O–H groups in total. The standard InChI is InChI=1S/C14H20N4O2.ClH/c1-11-9-15-7-8-18(11)10-13(19)17-14(20)16-12-5-3-2-4-6-12;/h2-6,11,15H,7-10H2,1H3,(H2,16,17,19,20);1H/t11-;/m0./s1. The van der Waals surface area contributed by atoms with Crippen molar-refractivity contribution in [3.8, 4) is 0 Å². The van der Waals surface area contributed by atoms with Crippen molar-refractivity contribution in [2.45, 2.75) is 13.0 Å². The third-order valence-electron chi connectivity index (χ3n) is 3.27. The number of piperazine rings is 1.